The molecule has 9 heteroatoms. The highest BCUT2D eigenvalue weighted by Crippen LogP contribution is 2.27. The number of carbonyl (C=O) groups excluding carboxylic acids is 1. The molecule has 0 unspecified atom stereocenters. The van der Waals surface area contributed by atoms with Gasteiger partial charge in [0.25, 0.3) is 5.56 Å². The van der Waals surface area contributed by atoms with Crippen molar-refractivity contribution in [2.45, 2.75) is 24.3 Å². The van der Waals surface area contributed by atoms with Gasteiger partial charge < -0.3 is 4.74 Å². The van der Waals surface area contributed by atoms with Crippen molar-refractivity contribution in [3.63, 3.8) is 0 Å². The van der Waals surface area contributed by atoms with E-state index in [1.807, 2.05) is 24.4 Å². The summed E-state index contributed by atoms with van der Waals surface area (Å²) >= 11 is 3.11. The molecule has 0 aliphatic carbocycles. The number of nitrogens with zero attached hydrogens (tertiary/aromatic N) is 4. The SMILES string of the molecule is Cc1nc(CSc2ccccc2C(=O)OCn2nnc3ccccc3c2=O)cs1. The van der Waals surface area contributed by atoms with Crippen LogP contribution in [0.1, 0.15) is 21.1 Å². The van der Waals surface area contributed by atoms with Crippen LogP contribution >= 0.6 is 23.1 Å². The number of aryl methyl sites for hydroxylation is 1. The fraction of sp³-hybridized carbons (Fsp3) is 0.150. The van der Waals surface area contributed by atoms with Crippen molar-refractivity contribution >= 4 is 40.0 Å². The molecule has 0 aliphatic rings. The highest BCUT2D eigenvalue weighted by Gasteiger charge is 2.15. The van der Waals surface area contributed by atoms with Crippen molar-refractivity contribution in [1.82, 2.24) is 20.0 Å². The number of hydrogen-bond donors (Lipinski definition) is 0. The van der Waals surface area contributed by atoms with Crippen LogP contribution in [0.2, 0.25) is 0 Å². The van der Waals surface area contributed by atoms with Gasteiger partial charge >= 0.3 is 5.97 Å². The van der Waals surface area contributed by atoms with Crippen LogP contribution < -0.4 is 5.56 Å². The first-order valence-corrected chi connectivity index (χ1v) is 10.6. The summed E-state index contributed by atoms with van der Waals surface area (Å²) in [4.78, 5) is 30.3. The van der Waals surface area contributed by atoms with E-state index in [0.29, 0.717) is 22.2 Å². The van der Waals surface area contributed by atoms with Crippen LogP contribution in [0.3, 0.4) is 0 Å². The summed E-state index contributed by atoms with van der Waals surface area (Å²) in [5.74, 6) is 0.133. The zero-order valence-corrected chi connectivity index (χ0v) is 17.1. The number of benzene rings is 2. The van der Waals surface area contributed by atoms with Crippen molar-refractivity contribution < 1.29 is 9.53 Å². The van der Waals surface area contributed by atoms with Crippen LogP contribution in [-0.4, -0.2) is 25.9 Å². The summed E-state index contributed by atoms with van der Waals surface area (Å²) in [5.41, 5.74) is 1.55. The monoisotopic (exact) mass is 424 g/mol. The van der Waals surface area contributed by atoms with Crippen LogP contribution in [0.25, 0.3) is 10.9 Å². The van der Waals surface area contributed by atoms with E-state index >= 15 is 0 Å². The Labute approximate surface area is 174 Å². The fourth-order valence-corrected chi connectivity index (χ4v) is 4.34. The molecule has 29 heavy (non-hydrogen) atoms. The third kappa shape index (κ3) is 4.36. The van der Waals surface area contributed by atoms with Gasteiger partial charge in [-0.25, -0.2) is 9.78 Å². The van der Waals surface area contributed by atoms with Gasteiger partial charge in [0.2, 0.25) is 0 Å². The molecule has 0 saturated carbocycles. The fourth-order valence-electron chi connectivity index (χ4n) is 2.69. The topological polar surface area (TPSA) is 87.0 Å². The maximum absolute atomic E-state index is 12.6. The first-order chi connectivity index (χ1) is 14.1. The summed E-state index contributed by atoms with van der Waals surface area (Å²) in [6, 6.07) is 14.1. The van der Waals surface area contributed by atoms with Gasteiger partial charge in [0.15, 0.2) is 6.73 Å². The van der Waals surface area contributed by atoms with E-state index < -0.39 is 5.97 Å². The van der Waals surface area contributed by atoms with Gasteiger partial charge in [-0.1, -0.05) is 29.5 Å². The summed E-state index contributed by atoms with van der Waals surface area (Å²) in [5, 5.41) is 11.3. The molecule has 0 radical (unpaired) electrons. The van der Waals surface area contributed by atoms with Crippen LogP contribution in [0.4, 0.5) is 0 Å². The third-order valence-corrected chi connectivity index (χ3v) is 6.03. The molecule has 2 heterocycles. The third-order valence-electron chi connectivity index (χ3n) is 4.10. The molecule has 0 aliphatic heterocycles. The maximum atomic E-state index is 12.6. The largest absolute Gasteiger partial charge is 0.439 e. The van der Waals surface area contributed by atoms with Gasteiger partial charge in [-0.3, -0.25) is 4.79 Å². The second-order valence-corrected chi connectivity index (χ2v) is 8.19. The van der Waals surface area contributed by atoms with Gasteiger partial charge in [0.05, 0.1) is 21.7 Å². The summed E-state index contributed by atoms with van der Waals surface area (Å²) in [6.45, 7) is 1.65. The van der Waals surface area contributed by atoms with Crippen molar-refractivity contribution in [3.05, 3.63) is 80.5 Å². The Bertz CT molecular complexity index is 1240. The molecular weight excluding hydrogens is 408 g/mol. The van der Waals surface area contributed by atoms with E-state index in [9.17, 15) is 9.59 Å². The van der Waals surface area contributed by atoms with Crippen LogP contribution in [0, 0.1) is 6.92 Å². The first kappa shape index (κ1) is 19.3. The Balaban J connectivity index is 1.48. The number of carbonyl (C=O) groups is 1. The van der Waals surface area contributed by atoms with E-state index in [-0.39, 0.29) is 12.3 Å². The molecule has 146 valence electrons. The number of rotatable bonds is 6. The van der Waals surface area contributed by atoms with Crippen molar-refractivity contribution in [2.24, 2.45) is 0 Å². The van der Waals surface area contributed by atoms with Gasteiger partial charge in [0, 0.05) is 16.0 Å². The summed E-state index contributed by atoms with van der Waals surface area (Å²) in [7, 11) is 0. The minimum Gasteiger partial charge on any atom is -0.439 e. The standard InChI is InChI=1S/C20H16N4O3S2/c1-13-21-14(10-28-13)11-29-18-9-5-3-7-16(18)20(26)27-12-24-19(25)15-6-2-4-8-17(15)22-23-24/h2-10H,11-12H2,1H3. The molecule has 0 N–H and O–H groups in total. The lowest BCUT2D eigenvalue weighted by atomic mass is 10.2. The molecule has 0 fully saturated rings. The van der Waals surface area contributed by atoms with Crippen molar-refractivity contribution in [2.75, 3.05) is 0 Å². The number of aromatic nitrogens is 4. The lowest BCUT2D eigenvalue weighted by molar-refractivity contribution is 0.0332. The number of thiazole rings is 1. The molecule has 7 nitrogen and oxygen atoms in total. The molecular formula is C20H16N4O3S2. The number of esters is 1. The van der Waals surface area contributed by atoms with E-state index in [0.717, 1.165) is 20.3 Å². The number of thioether (sulfide) groups is 1. The number of ether oxygens (including phenoxy) is 1. The average molecular weight is 425 g/mol. The van der Waals surface area contributed by atoms with Crippen LogP contribution in [0.5, 0.6) is 0 Å². The minimum atomic E-state index is -0.524. The van der Waals surface area contributed by atoms with Gasteiger partial charge in [-0.15, -0.1) is 28.2 Å². The summed E-state index contributed by atoms with van der Waals surface area (Å²) in [6.07, 6.45) is 0. The van der Waals surface area contributed by atoms with Gasteiger partial charge in [-0.05, 0) is 31.2 Å². The zero-order chi connectivity index (χ0) is 20.2. The molecule has 4 aromatic rings. The second-order valence-electron chi connectivity index (χ2n) is 6.11. The van der Waals surface area contributed by atoms with E-state index in [4.69, 9.17) is 4.74 Å². The lowest BCUT2D eigenvalue weighted by Gasteiger charge is -2.09. The quantitative estimate of drug-likeness (QED) is 0.345. The van der Waals surface area contributed by atoms with Gasteiger partial charge in [0.1, 0.15) is 5.52 Å². The highest BCUT2D eigenvalue weighted by atomic mass is 32.2. The predicted molar refractivity (Wildman–Crippen MR) is 112 cm³/mol. The number of hydrogen-bond acceptors (Lipinski definition) is 8. The Hall–Kier alpha value is -3.04. The maximum Gasteiger partial charge on any atom is 0.341 e. The smallest absolute Gasteiger partial charge is 0.341 e. The average Bonchev–Trinajstić information content (AvgIpc) is 3.17. The van der Waals surface area contributed by atoms with E-state index in [1.54, 1.807) is 47.7 Å². The van der Waals surface area contributed by atoms with Crippen molar-refractivity contribution in [3.8, 4) is 0 Å². The van der Waals surface area contributed by atoms with Crippen LogP contribution in [0.15, 0.2) is 63.6 Å². The normalized spacial score (nSPS) is 10.9. The molecule has 2 aromatic carbocycles. The highest BCUT2D eigenvalue weighted by molar-refractivity contribution is 7.98. The Morgan fingerprint density at radius 3 is 2.79 bits per heavy atom. The Morgan fingerprint density at radius 1 is 1.17 bits per heavy atom. The van der Waals surface area contributed by atoms with E-state index in [1.165, 1.54) is 11.8 Å². The molecule has 4 rings (SSSR count). The second kappa shape index (κ2) is 8.54. The van der Waals surface area contributed by atoms with E-state index in [2.05, 4.69) is 15.3 Å². The van der Waals surface area contributed by atoms with Crippen LogP contribution in [-0.2, 0) is 17.2 Å². The number of fused-ring (bicyclic) bond motifs is 1. The molecule has 0 atom stereocenters. The Morgan fingerprint density at radius 2 is 1.97 bits per heavy atom. The zero-order valence-electron chi connectivity index (χ0n) is 15.4. The predicted octanol–water partition coefficient (Wildman–Crippen LogP) is 3.66. The molecule has 0 amide bonds. The molecule has 0 bridgehead atoms. The lowest BCUT2D eigenvalue weighted by Crippen LogP contribution is -2.26. The molecule has 2 aromatic heterocycles. The van der Waals surface area contributed by atoms with Gasteiger partial charge in [-0.2, -0.15) is 4.68 Å². The summed E-state index contributed by atoms with van der Waals surface area (Å²) < 4.78 is 6.37. The molecule has 0 spiro atoms. The minimum absolute atomic E-state index is 0.306. The van der Waals surface area contributed by atoms with Crippen molar-refractivity contribution in [1.29, 1.82) is 0 Å². The first-order valence-electron chi connectivity index (χ1n) is 8.74. The Kier molecular flexibility index (Phi) is 5.68. The molecule has 0 saturated heterocycles.